The van der Waals surface area contributed by atoms with Crippen molar-refractivity contribution in [3.8, 4) is 5.75 Å². The topological polar surface area (TPSA) is 44.8 Å². The smallest absolute Gasteiger partial charge is 0.318 e. The molecule has 1 atom stereocenters. The van der Waals surface area contributed by atoms with Gasteiger partial charge < -0.3 is 19.9 Å². The Morgan fingerprint density at radius 1 is 1.08 bits per heavy atom. The van der Waals surface area contributed by atoms with E-state index in [0.717, 1.165) is 57.1 Å². The van der Waals surface area contributed by atoms with Gasteiger partial charge in [-0.25, -0.2) is 4.79 Å². The van der Waals surface area contributed by atoms with Crippen molar-refractivity contribution in [1.82, 2.24) is 15.1 Å². The monoisotopic (exact) mass is 357 g/mol. The number of benzene rings is 1. The molecule has 3 aliphatic rings. The Hall–Kier alpha value is -1.75. The number of urea groups is 1. The van der Waals surface area contributed by atoms with Gasteiger partial charge in [0.2, 0.25) is 0 Å². The summed E-state index contributed by atoms with van der Waals surface area (Å²) in [5, 5.41) is 3.31. The highest BCUT2D eigenvalue weighted by atomic mass is 16.5. The highest BCUT2D eigenvalue weighted by Crippen LogP contribution is 2.33. The molecule has 1 N–H and O–H groups in total. The molecule has 5 heteroatoms. The Morgan fingerprint density at radius 2 is 1.81 bits per heavy atom. The van der Waals surface area contributed by atoms with Crippen molar-refractivity contribution in [2.75, 3.05) is 26.2 Å². The first-order chi connectivity index (χ1) is 12.7. The fourth-order valence-corrected chi connectivity index (χ4v) is 4.42. The third-order valence-electron chi connectivity index (χ3n) is 6.01. The first-order valence-corrected chi connectivity index (χ1v) is 10.3. The second-order valence-corrected chi connectivity index (χ2v) is 7.84. The quantitative estimate of drug-likeness (QED) is 0.876. The van der Waals surface area contributed by atoms with E-state index in [0.29, 0.717) is 12.6 Å². The van der Waals surface area contributed by atoms with Gasteiger partial charge in [-0.05, 0) is 63.1 Å². The number of carbonyl (C=O) groups excluding carboxylic acids is 1. The summed E-state index contributed by atoms with van der Waals surface area (Å²) in [4.78, 5) is 17.5. The number of carbonyl (C=O) groups is 1. The molecule has 0 radical (unpaired) electrons. The van der Waals surface area contributed by atoms with Gasteiger partial charge in [0.05, 0.1) is 12.6 Å². The molecule has 2 saturated heterocycles. The van der Waals surface area contributed by atoms with Crippen molar-refractivity contribution in [2.24, 2.45) is 0 Å². The number of rotatable bonds is 5. The SMILES string of the molecule is CCOc1ccc(C2CCCN2C(=O)NC2CCN(C3CC3)CC2)cc1. The van der Waals surface area contributed by atoms with Gasteiger partial charge in [0.15, 0.2) is 0 Å². The van der Waals surface area contributed by atoms with Crippen LogP contribution in [-0.2, 0) is 0 Å². The van der Waals surface area contributed by atoms with Crippen molar-refractivity contribution in [1.29, 1.82) is 0 Å². The molecule has 3 fully saturated rings. The first-order valence-electron chi connectivity index (χ1n) is 10.3. The zero-order chi connectivity index (χ0) is 17.9. The molecule has 1 aromatic rings. The number of nitrogens with zero attached hydrogens (tertiary/aromatic N) is 2. The fourth-order valence-electron chi connectivity index (χ4n) is 4.42. The summed E-state index contributed by atoms with van der Waals surface area (Å²) in [6, 6.07) is 9.73. The Kier molecular flexibility index (Phi) is 5.34. The summed E-state index contributed by atoms with van der Waals surface area (Å²) >= 11 is 0. The van der Waals surface area contributed by atoms with Crippen LogP contribution >= 0.6 is 0 Å². The summed E-state index contributed by atoms with van der Waals surface area (Å²) in [5.41, 5.74) is 1.21. The van der Waals surface area contributed by atoms with Crippen LogP contribution in [0.25, 0.3) is 0 Å². The first kappa shape index (κ1) is 17.7. The van der Waals surface area contributed by atoms with Crippen LogP contribution in [0.1, 0.15) is 57.1 Å². The van der Waals surface area contributed by atoms with E-state index in [1.807, 2.05) is 24.0 Å². The number of piperidine rings is 1. The van der Waals surface area contributed by atoms with Gasteiger partial charge in [0.1, 0.15) is 5.75 Å². The summed E-state index contributed by atoms with van der Waals surface area (Å²) in [6.07, 6.45) is 7.03. The summed E-state index contributed by atoms with van der Waals surface area (Å²) < 4.78 is 5.53. The third kappa shape index (κ3) is 3.98. The largest absolute Gasteiger partial charge is 0.494 e. The van der Waals surface area contributed by atoms with Gasteiger partial charge in [-0.1, -0.05) is 12.1 Å². The molecule has 142 valence electrons. The summed E-state index contributed by atoms with van der Waals surface area (Å²) in [5.74, 6) is 0.896. The number of hydrogen-bond acceptors (Lipinski definition) is 3. The average Bonchev–Trinajstić information content (AvgIpc) is 3.39. The Labute approximate surface area is 156 Å². The maximum atomic E-state index is 12.9. The van der Waals surface area contributed by atoms with Gasteiger partial charge in [0.25, 0.3) is 0 Å². The van der Waals surface area contributed by atoms with Crippen LogP contribution in [0.3, 0.4) is 0 Å². The summed E-state index contributed by atoms with van der Waals surface area (Å²) in [6.45, 7) is 5.80. The zero-order valence-corrected chi connectivity index (χ0v) is 15.8. The maximum Gasteiger partial charge on any atom is 0.318 e. The van der Waals surface area contributed by atoms with Crippen LogP contribution in [0.2, 0.25) is 0 Å². The van der Waals surface area contributed by atoms with Crippen LogP contribution in [0.15, 0.2) is 24.3 Å². The molecule has 1 unspecified atom stereocenters. The molecule has 4 rings (SSSR count). The standard InChI is InChI=1S/C21H31N3O2/c1-2-26-19-9-5-16(6-10-19)20-4-3-13-24(20)21(25)22-17-11-14-23(15-12-17)18-7-8-18/h5-6,9-10,17-18,20H,2-4,7-8,11-15H2,1H3,(H,22,25). The second kappa shape index (κ2) is 7.87. The highest BCUT2D eigenvalue weighted by Gasteiger charge is 2.34. The van der Waals surface area contributed by atoms with Crippen LogP contribution in [0.4, 0.5) is 4.79 Å². The Morgan fingerprint density at radius 3 is 2.46 bits per heavy atom. The molecule has 0 aromatic heterocycles. The van der Waals surface area contributed by atoms with E-state index in [1.54, 1.807) is 0 Å². The van der Waals surface area contributed by atoms with E-state index in [9.17, 15) is 4.79 Å². The molecule has 26 heavy (non-hydrogen) atoms. The van der Waals surface area contributed by atoms with Gasteiger partial charge in [-0.3, -0.25) is 0 Å². The Bertz CT molecular complexity index is 606. The van der Waals surface area contributed by atoms with Crippen LogP contribution < -0.4 is 10.1 Å². The van der Waals surface area contributed by atoms with E-state index >= 15 is 0 Å². The van der Waals surface area contributed by atoms with E-state index < -0.39 is 0 Å². The number of ether oxygens (including phenoxy) is 1. The lowest BCUT2D eigenvalue weighted by Crippen LogP contribution is -2.49. The number of likely N-dealkylation sites (tertiary alicyclic amines) is 2. The molecule has 1 aliphatic carbocycles. The van der Waals surface area contributed by atoms with Crippen LogP contribution in [-0.4, -0.2) is 54.2 Å². The van der Waals surface area contributed by atoms with E-state index in [-0.39, 0.29) is 12.1 Å². The van der Waals surface area contributed by atoms with Gasteiger partial charge in [0, 0.05) is 31.7 Å². The average molecular weight is 357 g/mol. The normalized spacial score (nSPS) is 24.7. The van der Waals surface area contributed by atoms with Gasteiger partial charge in [-0.15, -0.1) is 0 Å². The van der Waals surface area contributed by atoms with Gasteiger partial charge in [-0.2, -0.15) is 0 Å². The predicted molar refractivity (Wildman–Crippen MR) is 102 cm³/mol. The van der Waals surface area contributed by atoms with E-state index in [2.05, 4.69) is 22.3 Å². The zero-order valence-electron chi connectivity index (χ0n) is 15.8. The van der Waals surface area contributed by atoms with E-state index in [1.165, 1.54) is 18.4 Å². The third-order valence-corrected chi connectivity index (χ3v) is 6.01. The lowest BCUT2D eigenvalue weighted by molar-refractivity contribution is 0.165. The second-order valence-electron chi connectivity index (χ2n) is 7.84. The van der Waals surface area contributed by atoms with Crippen molar-refractivity contribution < 1.29 is 9.53 Å². The summed E-state index contributed by atoms with van der Waals surface area (Å²) in [7, 11) is 0. The minimum absolute atomic E-state index is 0.117. The molecule has 5 nitrogen and oxygen atoms in total. The molecule has 1 saturated carbocycles. The van der Waals surface area contributed by atoms with Crippen LogP contribution in [0, 0.1) is 0 Å². The molecule has 0 spiro atoms. The molecule has 2 amide bonds. The lowest BCUT2D eigenvalue weighted by Gasteiger charge is -2.34. The van der Waals surface area contributed by atoms with Crippen LogP contribution in [0.5, 0.6) is 5.75 Å². The highest BCUT2D eigenvalue weighted by molar-refractivity contribution is 5.75. The minimum atomic E-state index is 0.117. The molecule has 2 heterocycles. The van der Waals surface area contributed by atoms with Crippen molar-refractivity contribution >= 4 is 6.03 Å². The lowest BCUT2D eigenvalue weighted by atomic mass is 10.0. The molecule has 0 bridgehead atoms. The number of nitrogens with one attached hydrogen (secondary N) is 1. The number of amides is 2. The predicted octanol–water partition coefficient (Wildman–Crippen LogP) is 3.56. The van der Waals surface area contributed by atoms with Crippen molar-refractivity contribution in [3.05, 3.63) is 29.8 Å². The molecular formula is C21H31N3O2. The van der Waals surface area contributed by atoms with Crippen molar-refractivity contribution in [3.63, 3.8) is 0 Å². The fraction of sp³-hybridized carbons (Fsp3) is 0.667. The molecular weight excluding hydrogens is 326 g/mol. The Balaban J connectivity index is 1.33. The minimum Gasteiger partial charge on any atom is -0.494 e. The van der Waals surface area contributed by atoms with Crippen molar-refractivity contribution in [2.45, 2.75) is 63.6 Å². The van der Waals surface area contributed by atoms with Gasteiger partial charge >= 0.3 is 6.03 Å². The maximum absolute atomic E-state index is 12.9. The van der Waals surface area contributed by atoms with E-state index in [4.69, 9.17) is 4.74 Å². The molecule has 2 aliphatic heterocycles. The number of hydrogen-bond donors (Lipinski definition) is 1. The molecule has 1 aromatic carbocycles.